The van der Waals surface area contributed by atoms with Gasteiger partial charge in [-0.05, 0) is 55.5 Å². The summed E-state index contributed by atoms with van der Waals surface area (Å²) < 4.78 is 6.09. The van der Waals surface area contributed by atoms with Crippen molar-refractivity contribution in [3.05, 3.63) is 29.8 Å². The van der Waals surface area contributed by atoms with Crippen LogP contribution in [0.25, 0.3) is 0 Å². The van der Waals surface area contributed by atoms with Crippen LogP contribution < -0.4 is 10.6 Å². The van der Waals surface area contributed by atoms with Gasteiger partial charge in [0.2, 0.25) is 5.91 Å². The average Bonchev–Trinajstić information content (AvgIpc) is 2.52. The van der Waals surface area contributed by atoms with Crippen LogP contribution in [0.3, 0.4) is 0 Å². The predicted octanol–water partition coefficient (Wildman–Crippen LogP) is 3.58. The molecule has 4 heteroatoms. The fourth-order valence-corrected chi connectivity index (χ4v) is 3.62. The Hall–Kier alpha value is -1.39. The lowest BCUT2D eigenvalue weighted by Gasteiger charge is -2.31. The molecule has 4 nitrogen and oxygen atoms in total. The number of amides is 1. The highest BCUT2D eigenvalue weighted by Gasteiger charge is 2.28. The summed E-state index contributed by atoms with van der Waals surface area (Å²) in [6.07, 6.45) is 5.33. The van der Waals surface area contributed by atoms with E-state index >= 15 is 0 Å². The third-order valence-electron chi connectivity index (χ3n) is 5.50. The molecule has 1 aromatic carbocycles. The molecule has 0 aromatic heterocycles. The lowest BCUT2D eigenvalue weighted by atomic mass is 9.88. The summed E-state index contributed by atoms with van der Waals surface area (Å²) in [5, 5.41) is 6.28. The van der Waals surface area contributed by atoms with Crippen molar-refractivity contribution in [3.63, 3.8) is 0 Å². The van der Waals surface area contributed by atoms with Gasteiger partial charge in [0.25, 0.3) is 0 Å². The van der Waals surface area contributed by atoms with Crippen LogP contribution in [0.1, 0.15) is 45.1 Å². The Bertz CT molecular complexity index is 556. The van der Waals surface area contributed by atoms with E-state index < -0.39 is 0 Å². The fraction of sp³-hybridized carbons (Fsp3) is 0.650. The van der Waals surface area contributed by atoms with Gasteiger partial charge in [0.1, 0.15) is 0 Å². The average molecular weight is 330 g/mol. The number of carbonyl (C=O) groups is 1. The molecule has 3 unspecified atom stereocenters. The first-order valence-corrected chi connectivity index (χ1v) is 9.34. The quantitative estimate of drug-likeness (QED) is 0.838. The standard InChI is InChI=1S/C20H30N2O2/c1-14-5-3-8-19(9-14)24-13-16-6-4-7-18(10-16)22-20(23)15(2)17-11-21-12-17/h4,6-7,10,14-15,17,19,21H,3,5,8-9,11-13H2,1-2H3,(H,22,23). The van der Waals surface area contributed by atoms with Crippen molar-refractivity contribution in [2.75, 3.05) is 18.4 Å². The van der Waals surface area contributed by atoms with Crippen molar-refractivity contribution in [3.8, 4) is 0 Å². The van der Waals surface area contributed by atoms with E-state index in [4.69, 9.17) is 4.74 Å². The van der Waals surface area contributed by atoms with Gasteiger partial charge in [-0.3, -0.25) is 4.79 Å². The van der Waals surface area contributed by atoms with Gasteiger partial charge in [0, 0.05) is 11.6 Å². The normalized spacial score (nSPS) is 25.8. The van der Waals surface area contributed by atoms with Gasteiger partial charge in [-0.1, -0.05) is 38.8 Å². The van der Waals surface area contributed by atoms with E-state index in [0.717, 1.165) is 30.3 Å². The monoisotopic (exact) mass is 330 g/mol. The number of anilines is 1. The molecule has 1 saturated carbocycles. The molecule has 1 aromatic rings. The van der Waals surface area contributed by atoms with Crippen LogP contribution in [0, 0.1) is 17.8 Å². The minimum Gasteiger partial charge on any atom is -0.374 e. The lowest BCUT2D eigenvalue weighted by molar-refractivity contribution is -0.121. The summed E-state index contributed by atoms with van der Waals surface area (Å²) in [7, 11) is 0. The Kier molecular flexibility index (Phi) is 5.90. The SMILES string of the molecule is CC1CCCC(OCc2cccc(NC(=O)C(C)C3CNC3)c2)C1. The second kappa shape index (κ2) is 8.13. The lowest BCUT2D eigenvalue weighted by Crippen LogP contribution is -2.48. The smallest absolute Gasteiger partial charge is 0.227 e. The molecule has 24 heavy (non-hydrogen) atoms. The zero-order valence-electron chi connectivity index (χ0n) is 14.9. The topological polar surface area (TPSA) is 50.4 Å². The molecule has 0 bridgehead atoms. The first kappa shape index (κ1) is 17.4. The van der Waals surface area contributed by atoms with Crippen LogP contribution >= 0.6 is 0 Å². The van der Waals surface area contributed by atoms with Gasteiger partial charge in [-0.25, -0.2) is 0 Å². The Morgan fingerprint density at radius 1 is 1.38 bits per heavy atom. The Morgan fingerprint density at radius 2 is 2.21 bits per heavy atom. The molecule has 1 saturated heterocycles. The van der Waals surface area contributed by atoms with Gasteiger partial charge in [0.05, 0.1) is 12.7 Å². The summed E-state index contributed by atoms with van der Waals surface area (Å²) in [6, 6.07) is 8.06. The number of hydrogen-bond acceptors (Lipinski definition) is 3. The Balaban J connectivity index is 1.50. The summed E-state index contributed by atoms with van der Waals surface area (Å²) in [6.45, 7) is 6.84. The predicted molar refractivity (Wildman–Crippen MR) is 96.8 cm³/mol. The zero-order chi connectivity index (χ0) is 16.9. The number of hydrogen-bond donors (Lipinski definition) is 2. The first-order chi connectivity index (χ1) is 11.6. The molecule has 0 spiro atoms. The van der Waals surface area contributed by atoms with Crippen LogP contribution in [0.2, 0.25) is 0 Å². The Morgan fingerprint density at radius 3 is 2.92 bits per heavy atom. The minimum atomic E-state index is 0.0508. The van der Waals surface area contributed by atoms with Gasteiger partial charge in [-0.15, -0.1) is 0 Å². The molecule has 2 N–H and O–H groups in total. The highest BCUT2D eigenvalue weighted by Crippen LogP contribution is 2.26. The van der Waals surface area contributed by atoms with Crippen molar-refractivity contribution >= 4 is 11.6 Å². The van der Waals surface area contributed by atoms with E-state index in [-0.39, 0.29) is 11.8 Å². The molecule has 1 heterocycles. The van der Waals surface area contributed by atoms with Crippen molar-refractivity contribution in [2.24, 2.45) is 17.8 Å². The molecular weight excluding hydrogens is 300 g/mol. The number of rotatable bonds is 6. The number of ether oxygens (including phenoxy) is 1. The maximum absolute atomic E-state index is 12.3. The summed E-state index contributed by atoms with van der Waals surface area (Å²) in [5.74, 6) is 1.40. The van der Waals surface area contributed by atoms with E-state index in [2.05, 4.69) is 23.6 Å². The third kappa shape index (κ3) is 4.58. The van der Waals surface area contributed by atoms with Crippen molar-refractivity contribution in [1.29, 1.82) is 0 Å². The third-order valence-corrected chi connectivity index (χ3v) is 5.50. The molecule has 0 radical (unpaired) electrons. The largest absolute Gasteiger partial charge is 0.374 e. The molecule has 3 rings (SSSR count). The van der Waals surface area contributed by atoms with Crippen LogP contribution in [-0.2, 0) is 16.1 Å². The number of carbonyl (C=O) groups excluding carboxylic acids is 1. The minimum absolute atomic E-state index is 0.0508. The van der Waals surface area contributed by atoms with Crippen molar-refractivity contribution in [2.45, 2.75) is 52.2 Å². The van der Waals surface area contributed by atoms with Crippen molar-refractivity contribution < 1.29 is 9.53 Å². The zero-order valence-corrected chi connectivity index (χ0v) is 14.9. The highest BCUT2D eigenvalue weighted by atomic mass is 16.5. The van der Waals surface area contributed by atoms with E-state index in [0.29, 0.717) is 18.6 Å². The van der Waals surface area contributed by atoms with Gasteiger partial charge in [0.15, 0.2) is 0 Å². The molecule has 2 fully saturated rings. The van der Waals surface area contributed by atoms with Gasteiger partial charge in [-0.2, -0.15) is 0 Å². The van der Waals surface area contributed by atoms with Crippen LogP contribution in [0.5, 0.6) is 0 Å². The number of nitrogens with one attached hydrogen (secondary N) is 2. The summed E-state index contributed by atoms with van der Waals surface area (Å²) in [4.78, 5) is 12.3. The second-order valence-corrected chi connectivity index (χ2v) is 7.60. The van der Waals surface area contributed by atoms with E-state index in [1.807, 2.05) is 25.1 Å². The van der Waals surface area contributed by atoms with E-state index in [1.54, 1.807) is 0 Å². The van der Waals surface area contributed by atoms with Crippen LogP contribution in [0.15, 0.2) is 24.3 Å². The summed E-state index contributed by atoms with van der Waals surface area (Å²) >= 11 is 0. The van der Waals surface area contributed by atoms with Gasteiger partial charge >= 0.3 is 0 Å². The van der Waals surface area contributed by atoms with Crippen molar-refractivity contribution in [1.82, 2.24) is 5.32 Å². The number of benzene rings is 1. The highest BCUT2D eigenvalue weighted by molar-refractivity contribution is 5.92. The molecule has 132 valence electrons. The second-order valence-electron chi connectivity index (χ2n) is 7.60. The summed E-state index contributed by atoms with van der Waals surface area (Å²) in [5.41, 5.74) is 2.00. The maximum Gasteiger partial charge on any atom is 0.227 e. The molecule has 1 aliphatic carbocycles. The molecule has 2 aliphatic rings. The molecular formula is C20H30N2O2. The molecule has 1 amide bonds. The van der Waals surface area contributed by atoms with Crippen LogP contribution in [0.4, 0.5) is 5.69 Å². The fourth-order valence-electron chi connectivity index (χ4n) is 3.62. The maximum atomic E-state index is 12.3. The first-order valence-electron chi connectivity index (χ1n) is 9.34. The van der Waals surface area contributed by atoms with Gasteiger partial charge < -0.3 is 15.4 Å². The van der Waals surface area contributed by atoms with E-state index in [9.17, 15) is 4.79 Å². The Labute approximate surface area is 145 Å². The van der Waals surface area contributed by atoms with E-state index in [1.165, 1.54) is 25.7 Å². The molecule has 1 aliphatic heterocycles. The van der Waals surface area contributed by atoms with Crippen LogP contribution in [-0.4, -0.2) is 25.1 Å². The molecule has 3 atom stereocenters.